The Morgan fingerprint density at radius 1 is 1.16 bits per heavy atom. The molecule has 4 rings (SSSR count). The number of Topliss-reactive ketones (excluding diaryl/α,β-unsaturated/α-hetero) is 1. The maximum atomic E-state index is 12.7. The molecule has 8 nitrogen and oxygen atoms in total. The summed E-state index contributed by atoms with van der Waals surface area (Å²) >= 11 is 0. The van der Waals surface area contributed by atoms with Crippen LogP contribution in [0.1, 0.15) is 28.9 Å². The van der Waals surface area contributed by atoms with Gasteiger partial charge >= 0.3 is 5.97 Å². The Kier molecular flexibility index (Phi) is 5.88. The summed E-state index contributed by atoms with van der Waals surface area (Å²) in [4.78, 5) is 32.3. The molecule has 1 aliphatic heterocycles. The van der Waals surface area contributed by atoms with Crippen LogP contribution < -0.4 is 0 Å². The quantitative estimate of drug-likeness (QED) is 0.465. The number of sulfonamides is 1. The molecule has 0 atom stereocenters. The minimum Gasteiger partial charge on any atom is -0.457 e. The number of aryl methyl sites for hydroxylation is 1. The van der Waals surface area contributed by atoms with E-state index in [9.17, 15) is 18.0 Å². The average Bonchev–Trinajstić information content (AvgIpc) is 3.13. The van der Waals surface area contributed by atoms with Crippen molar-refractivity contribution in [2.75, 3.05) is 19.7 Å². The van der Waals surface area contributed by atoms with E-state index in [0.29, 0.717) is 18.4 Å². The lowest BCUT2D eigenvalue weighted by Gasteiger charge is -2.29. The number of ketones is 1. The topological polar surface area (TPSA) is 109 Å². The predicted molar refractivity (Wildman–Crippen MR) is 114 cm³/mol. The number of rotatable bonds is 6. The molecule has 0 radical (unpaired) electrons. The molecule has 162 valence electrons. The zero-order valence-corrected chi connectivity index (χ0v) is 17.9. The first-order valence-electron chi connectivity index (χ1n) is 10.1. The van der Waals surface area contributed by atoms with Gasteiger partial charge < -0.3 is 9.72 Å². The minimum absolute atomic E-state index is 0.135. The number of piperidine rings is 1. The largest absolute Gasteiger partial charge is 0.457 e. The van der Waals surface area contributed by atoms with Crippen LogP contribution in [0.25, 0.3) is 10.9 Å². The smallest absolute Gasteiger partial charge is 0.309 e. The molecule has 3 aromatic rings. The summed E-state index contributed by atoms with van der Waals surface area (Å²) in [6.45, 7) is 1.90. The van der Waals surface area contributed by atoms with Crippen molar-refractivity contribution in [3.63, 3.8) is 0 Å². The number of nitrogens with one attached hydrogen (secondary N) is 1. The van der Waals surface area contributed by atoms with Crippen LogP contribution in [0.15, 0.2) is 53.7 Å². The van der Waals surface area contributed by atoms with Crippen LogP contribution in [0.3, 0.4) is 0 Å². The van der Waals surface area contributed by atoms with Crippen LogP contribution >= 0.6 is 0 Å². The van der Waals surface area contributed by atoms with Crippen molar-refractivity contribution in [3.05, 3.63) is 60.0 Å². The van der Waals surface area contributed by atoms with E-state index >= 15 is 0 Å². The number of pyridine rings is 1. The van der Waals surface area contributed by atoms with Crippen molar-refractivity contribution in [1.29, 1.82) is 0 Å². The second-order valence-electron chi connectivity index (χ2n) is 7.57. The lowest BCUT2D eigenvalue weighted by Crippen LogP contribution is -2.40. The van der Waals surface area contributed by atoms with Crippen molar-refractivity contribution in [1.82, 2.24) is 14.3 Å². The molecular formula is C22H23N3O5S. The number of para-hydroxylation sites is 1. The summed E-state index contributed by atoms with van der Waals surface area (Å²) < 4.78 is 32.0. The van der Waals surface area contributed by atoms with Gasteiger partial charge in [0.2, 0.25) is 15.8 Å². The molecule has 9 heteroatoms. The first-order chi connectivity index (χ1) is 14.9. The van der Waals surface area contributed by atoms with Gasteiger partial charge in [0.15, 0.2) is 6.61 Å². The maximum absolute atomic E-state index is 12.7. The van der Waals surface area contributed by atoms with Gasteiger partial charge in [-0.1, -0.05) is 18.2 Å². The van der Waals surface area contributed by atoms with E-state index in [4.69, 9.17) is 4.74 Å². The predicted octanol–water partition coefficient (Wildman–Crippen LogP) is 2.70. The Bertz CT molecular complexity index is 1210. The number of hydrogen-bond donors (Lipinski definition) is 1. The van der Waals surface area contributed by atoms with Crippen LogP contribution in [-0.4, -0.2) is 54.1 Å². The molecule has 1 fully saturated rings. The number of aromatic nitrogens is 2. The highest BCUT2D eigenvalue weighted by Crippen LogP contribution is 2.25. The molecule has 31 heavy (non-hydrogen) atoms. The van der Waals surface area contributed by atoms with Crippen molar-refractivity contribution >= 4 is 32.7 Å². The van der Waals surface area contributed by atoms with Crippen LogP contribution in [-0.2, 0) is 19.6 Å². The Labute approximate surface area is 180 Å². The van der Waals surface area contributed by atoms with E-state index in [0.717, 1.165) is 16.6 Å². The number of carbonyl (C=O) groups is 2. The number of aromatic amines is 1. The second-order valence-corrected chi connectivity index (χ2v) is 9.51. The van der Waals surface area contributed by atoms with Crippen molar-refractivity contribution in [3.8, 4) is 0 Å². The summed E-state index contributed by atoms with van der Waals surface area (Å²) in [6.07, 6.45) is 3.52. The molecule has 1 aliphatic rings. The van der Waals surface area contributed by atoms with Gasteiger partial charge in [-0.25, -0.2) is 8.42 Å². The van der Waals surface area contributed by atoms with Gasteiger partial charge in [0.1, 0.15) is 4.90 Å². The maximum Gasteiger partial charge on any atom is 0.309 e. The first kappa shape index (κ1) is 21.2. The van der Waals surface area contributed by atoms with Crippen LogP contribution in [0.5, 0.6) is 0 Å². The van der Waals surface area contributed by atoms with Gasteiger partial charge in [0.25, 0.3) is 0 Å². The fraction of sp³-hybridized carbons (Fsp3) is 0.318. The molecule has 1 aromatic carbocycles. The Hall–Kier alpha value is -3.04. The number of esters is 1. The summed E-state index contributed by atoms with van der Waals surface area (Å²) in [5.74, 6) is -1.17. The fourth-order valence-corrected chi connectivity index (χ4v) is 5.38. The summed E-state index contributed by atoms with van der Waals surface area (Å²) in [5.41, 5.74) is 2.12. The van der Waals surface area contributed by atoms with E-state index in [1.54, 1.807) is 6.07 Å². The third kappa shape index (κ3) is 4.24. The molecule has 3 heterocycles. The van der Waals surface area contributed by atoms with Crippen LogP contribution in [0.2, 0.25) is 0 Å². The number of H-pyrrole nitrogens is 1. The molecular weight excluding hydrogens is 418 g/mol. The highest BCUT2D eigenvalue weighted by molar-refractivity contribution is 7.89. The van der Waals surface area contributed by atoms with Gasteiger partial charge in [0, 0.05) is 47.6 Å². The van der Waals surface area contributed by atoms with Gasteiger partial charge in [-0.15, -0.1) is 0 Å². The zero-order chi connectivity index (χ0) is 22.0. The molecule has 0 bridgehead atoms. The first-order valence-corrected chi connectivity index (χ1v) is 11.5. The molecule has 2 aromatic heterocycles. The summed E-state index contributed by atoms with van der Waals surface area (Å²) in [5, 5.41) is 0.801. The van der Waals surface area contributed by atoms with E-state index in [1.807, 2.05) is 31.2 Å². The Morgan fingerprint density at radius 3 is 2.61 bits per heavy atom. The van der Waals surface area contributed by atoms with Gasteiger partial charge in [0.05, 0.1) is 5.92 Å². The minimum atomic E-state index is -3.63. The van der Waals surface area contributed by atoms with Crippen molar-refractivity contribution < 1.29 is 22.7 Å². The van der Waals surface area contributed by atoms with E-state index in [-0.39, 0.29) is 30.4 Å². The molecule has 1 N–H and O–H groups in total. The lowest BCUT2D eigenvalue weighted by atomic mass is 9.98. The standard InChI is InChI=1S/C22H23N3O5S/c1-15-21(18-6-2-3-7-19(18)24-15)20(26)14-30-22(27)16-8-11-25(12-9-16)31(28,29)17-5-4-10-23-13-17/h2-7,10,13,16,24H,8-9,11-12,14H2,1H3. The zero-order valence-electron chi connectivity index (χ0n) is 17.1. The highest BCUT2D eigenvalue weighted by atomic mass is 32.2. The molecule has 1 saturated heterocycles. The number of nitrogens with zero attached hydrogens (tertiary/aromatic N) is 2. The number of benzene rings is 1. The van der Waals surface area contributed by atoms with Crippen LogP contribution in [0.4, 0.5) is 0 Å². The number of ether oxygens (including phenoxy) is 1. The average molecular weight is 442 g/mol. The Balaban J connectivity index is 1.34. The molecule has 0 aliphatic carbocycles. The third-order valence-corrected chi connectivity index (χ3v) is 7.46. The van der Waals surface area contributed by atoms with Gasteiger partial charge in [-0.05, 0) is 38.0 Å². The van der Waals surface area contributed by atoms with Gasteiger partial charge in [-0.3, -0.25) is 14.6 Å². The van der Waals surface area contributed by atoms with Crippen LogP contribution in [0, 0.1) is 12.8 Å². The second kappa shape index (κ2) is 8.60. The summed E-state index contributed by atoms with van der Waals surface area (Å²) in [7, 11) is -3.63. The monoisotopic (exact) mass is 441 g/mol. The fourth-order valence-electron chi connectivity index (χ4n) is 3.94. The van der Waals surface area contributed by atoms with E-state index in [1.165, 1.54) is 22.8 Å². The summed E-state index contributed by atoms with van der Waals surface area (Å²) in [6, 6.07) is 10.5. The normalized spacial score (nSPS) is 15.8. The third-order valence-electron chi connectivity index (χ3n) is 5.58. The molecule has 0 saturated carbocycles. The molecule has 0 amide bonds. The van der Waals surface area contributed by atoms with E-state index in [2.05, 4.69) is 9.97 Å². The number of hydrogen-bond acceptors (Lipinski definition) is 6. The van der Waals surface area contributed by atoms with Crippen molar-refractivity contribution in [2.45, 2.75) is 24.7 Å². The molecule has 0 spiro atoms. The SMILES string of the molecule is Cc1[nH]c2ccccc2c1C(=O)COC(=O)C1CCN(S(=O)(=O)c2cccnc2)CC1. The number of fused-ring (bicyclic) bond motifs is 1. The van der Waals surface area contributed by atoms with Crippen molar-refractivity contribution in [2.24, 2.45) is 5.92 Å². The molecule has 0 unspecified atom stereocenters. The Morgan fingerprint density at radius 2 is 1.90 bits per heavy atom. The lowest BCUT2D eigenvalue weighted by molar-refractivity contribution is -0.148. The van der Waals surface area contributed by atoms with Gasteiger partial charge in [-0.2, -0.15) is 4.31 Å². The highest BCUT2D eigenvalue weighted by Gasteiger charge is 2.33. The number of carbonyl (C=O) groups excluding carboxylic acids is 2. The van der Waals surface area contributed by atoms with E-state index < -0.39 is 21.9 Å².